The van der Waals surface area contributed by atoms with Crippen LogP contribution in [0.2, 0.25) is 0 Å². The molecule has 2 unspecified atom stereocenters. The van der Waals surface area contributed by atoms with Crippen molar-refractivity contribution in [3.63, 3.8) is 0 Å². The van der Waals surface area contributed by atoms with Crippen LogP contribution in [0.25, 0.3) is 0 Å². The van der Waals surface area contributed by atoms with Crippen molar-refractivity contribution in [3.8, 4) is 0 Å². The third-order valence-corrected chi connectivity index (χ3v) is 5.80. The van der Waals surface area contributed by atoms with Crippen molar-refractivity contribution in [2.75, 3.05) is 19.4 Å². The highest BCUT2D eigenvalue weighted by atomic mass is 32.2. The van der Waals surface area contributed by atoms with Crippen molar-refractivity contribution >= 4 is 20.1 Å². The lowest BCUT2D eigenvalue weighted by molar-refractivity contribution is 0.121. The highest BCUT2D eigenvalue weighted by molar-refractivity contribution is 7.89. The summed E-state index contributed by atoms with van der Waals surface area (Å²) in [6.07, 6.45) is 0.239. The maximum Gasteiger partial charge on any atom is 0.264 e. The minimum atomic E-state index is -3.79. The molecule has 1 saturated heterocycles. The van der Waals surface area contributed by atoms with Gasteiger partial charge in [0.1, 0.15) is 0 Å². The zero-order chi connectivity index (χ0) is 15.7. The van der Waals surface area contributed by atoms with Crippen LogP contribution < -0.4 is 0 Å². The molecule has 1 fully saturated rings. The smallest absolute Gasteiger partial charge is 0.264 e. The van der Waals surface area contributed by atoms with Crippen molar-refractivity contribution in [1.29, 1.82) is 0 Å². The average Bonchev–Trinajstić information content (AvgIpc) is 2.81. The number of sulfonamides is 1. The normalized spacial score (nSPS) is 24.3. The van der Waals surface area contributed by atoms with Crippen LogP contribution >= 0.6 is 0 Å². The fourth-order valence-electron chi connectivity index (χ4n) is 2.37. The molecule has 0 bridgehead atoms. The molecule has 118 valence electrons. The molecule has 1 heterocycles. The van der Waals surface area contributed by atoms with E-state index in [-0.39, 0.29) is 17.9 Å². The number of aliphatic hydroxyl groups excluding tert-OH is 1. The van der Waals surface area contributed by atoms with Gasteiger partial charge < -0.3 is 5.11 Å². The summed E-state index contributed by atoms with van der Waals surface area (Å²) in [6.45, 7) is -0.408. The molecule has 1 aliphatic rings. The first kappa shape index (κ1) is 16.4. The summed E-state index contributed by atoms with van der Waals surface area (Å²) in [6, 6.07) is 6.89. The first-order valence-corrected chi connectivity index (χ1v) is 9.57. The van der Waals surface area contributed by atoms with Gasteiger partial charge in [0.15, 0.2) is 0 Å². The van der Waals surface area contributed by atoms with Crippen molar-refractivity contribution in [1.82, 2.24) is 4.31 Å². The van der Waals surface area contributed by atoms with E-state index in [2.05, 4.69) is 0 Å². The Balaban J connectivity index is 2.29. The molecule has 7 nitrogen and oxygen atoms in total. The van der Waals surface area contributed by atoms with E-state index in [1.807, 2.05) is 0 Å². The second-order valence-electron chi connectivity index (χ2n) is 4.81. The van der Waals surface area contributed by atoms with Gasteiger partial charge in [-0.25, -0.2) is 8.42 Å². The Kier molecular flexibility index (Phi) is 4.69. The van der Waals surface area contributed by atoms with Gasteiger partial charge in [-0.2, -0.15) is 12.7 Å². The third kappa shape index (κ3) is 3.61. The van der Waals surface area contributed by atoms with Crippen molar-refractivity contribution in [3.05, 3.63) is 30.3 Å². The lowest BCUT2D eigenvalue weighted by atomic mass is 10.2. The Morgan fingerprint density at radius 3 is 2.38 bits per heavy atom. The predicted molar refractivity (Wildman–Crippen MR) is 75.5 cm³/mol. The largest absolute Gasteiger partial charge is 0.395 e. The van der Waals surface area contributed by atoms with Gasteiger partial charge in [-0.05, 0) is 18.6 Å². The molecule has 1 N–H and O–H groups in total. The number of benzene rings is 1. The quantitative estimate of drug-likeness (QED) is 0.747. The van der Waals surface area contributed by atoms with E-state index in [1.54, 1.807) is 18.2 Å². The summed E-state index contributed by atoms with van der Waals surface area (Å²) in [5, 5.41) is 9.43. The zero-order valence-corrected chi connectivity index (χ0v) is 13.0. The Labute approximate surface area is 124 Å². The van der Waals surface area contributed by atoms with E-state index in [4.69, 9.17) is 4.18 Å². The van der Waals surface area contributed by atoms with Gasteiger partial charge in [-0.3, -0.25) is 4.18 Å². The molecule has 2 atom stereocenters. The van der Waals surface area contributed by atoms with Crippen LogP contribution in [0.3, 0.4) is 0 Å². The van der Waals surface area contributed by atoms with Gasteiger partial charge in [0, 0.05) is 6.54 Å². The molecule has 2 rings (SSSR count). The average molecular weight is 335 g/mol. The summed E-state index contributed by atoms with van der Waals surface area (Å²) in [5.41, 5.74) is 0. The molecule has 0 aliphatic carbocycles. The minimum absolute atomic E-state index is 0.0998. The van der Waals surface area contributed by atoms with Crippen LogP contribution in [-0.4, -0.2) is 57.8 Å². The van der Waals surface area contributed by atoms with Crippen molar-refractivity contribution < 1.29 is 26.1 Å². The second kappa shape index (κ2) is 6.01. The Morgan fingerprint density at radius 2 is 1.86 bits per heavy atom. The molecular weight excluding hydrogens is 318 g/mol. The number of rotatable bonds is 5. The molecule has 0 spiro atoms. The molecule has 1 aliphatic heterocycles. The molecule has 0 amide bonds. The second-order valence-corrected chi connectivity index (χ2v) is 8.30. The Bertz CT molecular complexity index is 686. The Morgan fingerprint density at radius 1 is 1.24 bits per heavy atom. The SMILES string of the molecule is CS(=O)(=O)OC1CCN(S(=O)(=O)c2ccccc2)C1CO. The van der Waals surface area contributed by atoms with Crippen LogP contribution in [0.4, 0.5) is 0 Å². The van der Waals surface area contributed by atoms with Gasteiger partial charge in [0.25, 0.3) is 10.1 Å². The van der Waals surface area contributed by atoms with Gasteiger partial charge in [-0.15, -0.1) is 0 Å². The zero-order valence-electron chi connectivity index (χ0n) is 11.4. The summed E-state index contributed by atoms with van der Waals surface area (Å²) >= 11 is 0. The maximum absolute atomic E-state index is 12.5. The maximum atomic E-state index is 12.5. The number of aliphatic hydroxyl groups is 1. The lowest BCUT2D eigenvalue weighted by Crippen LogP contribution is -2.43. The number of nitrogens with zero attached hydrogens (tertiary/aromatic N) is 1. The van der Waals surface area contributed by atoms with Crippen LogP contribution in [-0.2, 0) is 24.3 Å². The third-order valence-electron chi connectivity index (χ3n) is 3.27. The number of hydrogen-bond donors (Lipinski definition) is 1. The van der Waals surface area contributed by atoms with Gasteiger partial charge in [0.2, 0.25) is 10.0 Å². The summed E-state index contributed by atoms with van der Waals surface area (Å²) in [4.78, 5) is 0.100. The van der Waals surface area contributed by atoms with Crippen molar-refractivity contribution in [2.24, 2.45) is 0 Å². The van der Waals surface area contributed by atoms with E-state index >= 15 is 0 Å². The first-order chi connectivity index (χ1) is 9.75. The van der Waals surface area contributed by atoms with Crippen molar-refractivity contribution in [2.45, 2.75) is 23.5 Å². The molecule has 0 saturated carbocycles. The molecular formula is C12H17NO6S2. The fourth-order valence-corrected chi connectivity index (χ4v) is 4.72. The minimum Gasteiger partial charge on any atom is -0.395 e. The standard InChI is InChI=1S/C12H17NO6S2/c1-20(15,16)19-12-7-8-13(11(12)9-14)21(17,18)10-5-3-2-4-6-10/h2-6,11-12,14H,7-9H2,1H3. The molecule has 21 heavy (non-hydrogen) atoms. The van der Waals surface area contributed by atoms with Gasteiger partial charge >= 0.3 is 0 Å². The monoisotopic (exact) mass is 335 g/mol. The van der Waals surface area contributed by atoms with Crippen LogP contribution in [0.5, 0.6) is 0 Å². The lowest BCUT2D eigenvalue weighted by Gasteiger charge is -2.25. The highest BCUT2D eigenvalue weighted by Crippen LogP contribution is 2.28. The van der Waals surface area contributed by atoms with Gasteiger partial charge in [0.05, 0.1) is 29.9 Å². The van der Waals surface area contributed by atoms with Crippen LogP contribution in [0.1, 0.15) is 6.42 Å². The fraction of sp³-hybridized carbons (Fsp3) is 0.500. The molecule has 1 aromatic rings. The summed E-state index contributed by atoms with van der Waals surface area (Å²) in [5.74, 6) is 0. The van der Waals surface area contributed by atoms with E-state index in [0.717, 1.165) is 10.6 Å². The Hall–Kier alpha value is -1.00. The van der Waals surface area contributed by atoms with E-state index in [9.17, 15) is 21.9 Å². The first-order valence-electron chi connectivity index (χ1n) is 6.32. The van der Waals surface area contributed by atoms with E-state index < -0.39 is 38.9 Å². The van der Waals surface area contributed by atoms with Crippen LogP contribution in [0, 0.1) is 0 Å². The highest BCUT2D eigenvalue weighted by Gasteiger charge is 2.43. The summed E-state index contributed by atoms with van der Waals surface area (Å²) in [7, 11) is -7.51. The van der Waals surface area contributed by atoms with Gasteiger partial charge in [-0.1, -0.05) is 18.2 Å². The van der Waals surface area contributed by atoms with Crippen LogP contribution in [0.15, 0.2) is 35.2 Å². The topological polar surface area (TPSA) is 101 Å². The molecule has 1 aromatic carbocycles. The molecule has 9 heteroatoms. The van der Waals surface area contributed by atoms with E-state index in [1.165, 1.54) is 12.1 Å². The molecule has 0 aromatic heterocycles. The predicted octanol–water partition coefficient (Wildman–Crippen LogP) is -0.213. The number of hydrogen-bond acceptors (Lipinski definition) is 6. The van der Waals surface area contributed by atoms with E-state index in [0.29, 0.717) is 0 Å². The molecule has 0 radical (unpaired) electrons. The summed E-state index contributed by atoms with van der Waals surface area (Å²) < 4.78 is 53.4.